The molecule has 1 aliphatic carbocycles. The number of hydrogen-bond donors (Lipinski definition) is 2. The van der Waals surface area contributed by atoms with Crippen molar-refractivity contribution in [2.45, 2.75) is 20.3 Å². The van der Waals surface area contributed by atoms with E-state index in [9.17, 15) is 0 Å². The fraction of sp³-hybridized carbons (Fsp3) is 0.357. The Morgan fingerprint density at radius 2 is 1.76 bits per heavy atom. The maximum atomic E-state index is 8.56. The number of carboxylic acid groups (broad SMARTS) is 2. The van der Waals surface area contributed by atoms with E-state index in [-0.39, 0.29) is 0 Å². The number of hydrogen-bond acceptors (Lipinski definition) is 1. The molecule has 0 radical (unpaired) electrons. The van der Waals surface area contributed by atoms with Crippen LogP contribution in [0.25, 0.3) is 6.08 Å². The average Bonchev–Trinajstić information content (AvgIpc) is 2.84. The van der Waals surface area contributed by atoms with Crippen molar-refractivity contribution < 1.29 is 15.0 Å². The molecule has 1 saturated carbocycles. The second-order valence-electron chi connectivity index (χ2n) is 4.85. The Bertz CT molecular complexity index is 389. The molecule has 1 fully saturated rings. The van der Waals surface area contributed by atoms with Gasteiger partial charge in [-0.1, -0.05) is 56.3 Å². The Balaban J connectivity index is 0.000000317. The van der Waals surface area contributed by atoms with Crippen LogP contribution in [0.3, 0.4) is 0 Å². The van der Waals surface area contributed by atoms with Crippen LogP contribution >= 0.6 is 0 Å². The highest BCUT2D eigenvalue weighted by molar-refractivity contribution is 5.53. The van der Waals surface area contributed by atoms with Gasteiger partial charge in [-0.3, -0.25) is 0 Å². The SMILES string of the molecule is CC1(C)CC1C=Cc1ccccc1.O=C(O)O. The fourth-order valence-electron chi connectivity index (χ4n) is 1.63. The molecule has 1 aliphatic rings. The zero-order chi connectivity index (χ0) is 12.9. The van der Waals surface area contributed by atoms with E-state index in [1.54, 1.807) is 0 Å². The molecule has 0 bridgehead atoms. The Morgan fingerprint density at radius 3 is 2.18 bits per heavy atom. The molecule has 0 aliphatic heterocycles. The molecule has 1 atom stereocenters. The second kappa shape index (κ2) is 5.53. The van der Waals surface area contributed by atoms with Crippen molar-refractivity contribution in [3.8, 4) is 0 Å². The predicted octanol–water partition coefficient (Wildman–Crippen LogP) is 3.97. The zero-order valence-corrected chi connectivity index (χ0v) is 10.1. The van der Waals surface area contributed by atoms with E-state index >= 15 is 0 Å². The third kappa shape index (κ3) is 5.20. The summed E-state index contributed by atoms with van der Waals surface area (Å²) in [7, 11) is 0. The summed E-state index contributed by atoms with van der Waals surface area (Å²) in [5, 5.41) is 13.9. The first-order chi connectivity index (χ1) is 7.92. The molecule has 1 aromatic carbocycles. The van der Waals surface area contributed by atoms with Crippen LogP contribution in [0.15, 0.2) is 36.4 Å². The summed E-state index contributed by atoms with van der Waals surface area (Å²) in [5.41, 5.74) is 1.87. The van der Waals surface area contributed by atoms with Gasteiger partial charge in [0.05, 0.1) is 0 Å². The van der Waals surface area contributed by atoms with Gasteiger partial charge in [-0.15, -0.1) is 0 Å². The molecule has 1 aromatic rings. The van der Waals surface area contributed by atoms with E-state index in [0.717, 1.165) is 5.92 Å². The van der Waals surface area contributed by atoms with Gasteiger partial charge in [0, 0.05) is 0 Å². The van der Waals surface area contributed by atoms with Crippen LogP contribution in [0.5, 0.6) is 0 Å². The summed E-state index contributed by atoms with van der Waals surface area (Å²) in [6.07, 6.45) is 4.09. The van der Waals surface area contributed by atoms with Crippen LogP contribution in [0.4, 0.5) is 4.79 Å². The van der Waals surface area contributed by atoms with Gasteiger partial charge in [-0.25, -0.2) is 4.79 Å². The molecule has 92 valence electrons. The topological polar surface area (TPSA) is 57.5 Å². The van der Waals surface area contributed by atoms with Crippen LogP contribution in [0.1, 0.15) is 25.8 Å². The highest BCUT2D eigenvalue weighted by Crippen LogP contribution is 2.52. The molecule has 2 rings (SSSR count). The third-order valence-corrected chi connectivity index (χ3v) is 2.91. The van der Waals surface area contributed by atoms with E-state index < -0.39 is 6.16 Å². The molecule has 0 aromatic heterocycles. The lowest BCUT2D eigenvalue weighted by Gasteiger charge is -1.96. The molecule has 17 heavy (non-hydrogen) atoms. The Labute approximate surface area is 101 Å². The summed E-state index contributed by atoms with van der Waals surface area (Å²) in [4.78, 5) is 8.56. The van der Waals surface area contributed by atoms with E-state index in [4.69, 9.17) is 15.0 Å². The van der Waals surface area contributed by atoms with Crippen LogP contribution in [0.2, 0.25) is 0 Å². The smallest absolute Gasteiger partial charge is 0.450 e. The van der Waals surface area contributed by atoms with Crippen molar-refractivity contribution in [1.82, 2.24) is 0 Å². The quantitative estimate of drug-likeness (QED) is 0.814. The van der Waals surface area contributed by atoms with Crippen molar-refractivity contribution in [2.24, 2.45) is 11.3 Å². The fourth-order valence-corrected chi connectivity index (χ4v) is 1.63. The molecule has 3 heteroatoms. The first-order valence-electron chi connectivity index (χ1n) is 5.57. The van der Waals surface area contributed by atoms with Crippen LogP contribution in [-0.2, 0) is 0 Å². The molecule has 0 amide bonds. The highest BCUT2D eigenvalue weighted by Gasteiger charge is 2.43. The largest absolute Gasteiger partial charge is 0.503 e. The van der Waals surface area contributed by atoms with Crippen molar-refractivity contribution >= 4 is 12.2 Å². The summed E-state index contributed by atoms with van der Waals surface area (Å²) >= 11 is 0. The normalized spacial score (nSPS) is 20.5. The minimum Gasteiger partial charge on any atom is -0.450 e. The lowest BCUT2D eigenvalue weighted by Crippen LogP contribution is -1.85. The van der Waals surface area contributed by atoms with E-state index in [0.29, 0.717) is 5.41 Å². The standard InChI is InChI=1S/C13H16.CH2O3/c1-13(2)10-12(13)9-8-11-6-4-3-5-7-11;2-1(3)4/h3-9,12H,10H2,1-2H3;(H2,2,3,4). The van der Waals surface area contributed by atoms with Crippen molar-refractivity contribution in [3.05, 3.63) is 42.0 Å². The van der Waals surface area contributed by atoms with Crippen LogP contribution < -0.4 is 0 Å². The van der Waals surface area contributed by atoms with Gasteiger partial charge in [0.25, 0.3) is 0 Å². The van der Waals surface area contributed by atoms with Gasteiger partial charge in [0.15, 0.2) is 0 Å². The minimum absolute atomic E-state index is 0.561. The van der Waals surface area contributed by atoms with Gasteiger partial charge in [-0.2, -0.15) is 0 Å². The van der Waals surface area contributed by atoms with Gasteiger partial charge in [-0.05, 0) is 23.3 Å². The highest BCUT2D eigenvalue weighted by atomic mass is 16.6. The average molecular weight is 234 g/mol. The Morgan fingerprint density at radius 1 is 1.29 bits per heavy atom. The molecular formula is C14H18O3. The Hall–Kier alpha value is -1.77. The second-order valence-corrected chi connectivity index (χ2v) is 4.85. The van der Waals surface area contributed by atoms with E-state index in [1.807, 2.05) is 0 Å². The number of carbonyl (C=O) groups is 1. The first kappa shape index (κ1) is 13.3. The minimum atomic E-state index is -1.83. The summed E-state index contributed by atoms with van der Waals surface area (Å²) in [6, 6.07) is 10.5. The number of allylic oxidation sites excluding steroid dienone is 1. The summed E-state index contributed by atoms with van der Waals surface area (Å²) < 4.78 is 0. The van der Waals surface area contributed by atoms with Crippen molar-refractivity contribution in [3.63, 3.8) is 0 Å². The van der Waals surface area contributed by atoms with Gasteiger partial charge in [0.1, 0.15) is 0 Å². The van der Waals surface area contributed by atoms with Crippen molar-refractivity contribution in [2.75, 3.05) is 0 Å². The molecule has 1 unspecified atom stereocenters. The molecule has 0 spiro atoms. The van der Waals surface area contributed by atoms with E-state index in [1.165, 1.54) is 12.0 Å². The molecule has 3 nitrogen and oxygen atoms in total. The van der Waals surface area contributed by atoms with Gasteiger partial charge in [0.2, 0.25) is 0 Å². The monoisotopic (exact) mass is 234 g/mol. The maximum absolute atomic E-state index is 8.56. The lowest BCUT2D eigenvalue weighted by atomic mass is 10.1. The maximum Gasteiger partial charge on any atom is 0.503 e. The number of benzene rings is 1. The zero-order valence-electron chi connectivity index (χ0n) is 10.1. The van der Waals surface area contributed by atoms with Gasteiger partial charge < -0.3 is 10.2 Å². The molecular weight excluding hydrogens is 216 g/mol. The summed E-state index contributed by atoms with van der Waals surface area (Å²) in [5.74, 6) is 0.799. The number of rotatable bonds is 2. The molecule has 2 N–H and O–H groups in total. The third-order valence-electron chi connectivity index (χ3n) is 2.91. The van der Waals surface area contributed by atoms with Crippen LogP contribution in [-0.4, -0.2) is 16.4 Å². The first-order valence-corrected chi connectivity index (χ1v) is 5.57. The van der Waals surface area contributed by atoms with Gasteiger partial charge >= 0.3 is 6.16 Å². The van der Waals surface area contributed by atoms with Crippen molar-refractivity contribution in [1.29, 1.82) is 0 Å². The Kier molecular flexibility index (Phi) is 4.32. The summed E-state index contributed by atoms with van der Waals surface area (Å²) in [6.45, 7) is 4.65. The van der Waals surface area contributed by atoms with Crippen LogP contribution in [0, 0.1) is 11.3 Å². The molecule has 0 saturated heterocycles. The lowest BCUT2D eigenvalue weighted by molar-refractivity contribution is 0.137. The van der Waals surface area contributed by atoms with E-state index in [2.05, 4.69) is 56.3 Å². The predicted molar refractivity (Wildman–Crippen MR) is 68.0 cm³/mol. The molecule has 0 heterocycles.